The molecule has 3 aromatic rings. The van der Waals surface area contributed by atoms with Crippen LogP contribution in [0, 0.1) is 5.92 Å². The summed E-state index contributed by atoms with van der Waals surface area (Å²) in [6, 6.07) is 13.0. The van der Waals surface area contributed by atoms with E-state index in [2.05, 4.69) is 10.3 Å². The van der Waals surface area contributed by atoms with Crippen LogP contribution in [0.25, 0.3) is 10.9 Å². The van der Waals surface area contributed by atoms with Gasteiger partial charge < -0.3 is 19.8 Å². The first-order valence-corrected chi connectivity index (χ1v) is 8.84. The van der Waals surface area contributed by atoms with Crippen LogP contribution in [0.5, 0.6) is 11.5 Å². The van der Waals surface area contributed by atoms with E-state index in [1.165, 1.54) is 6.20 Å². The molecule has 0 saturated carbocycles. The molecule has 0 aliphatic carbocycles. The second kappa shape index (κ2) is 7.15. The number of fused-ring (bicyclic) bond motifs is 2. The molecule has 1 aliphatic heterocycles. The van der Waals surface area contributed by atoms with Gasteiger partial charge in [-0.2, -0.15) is 0 Å². The highest BCUT2D eigenvalue weighted by atomic mass is 16.5. The van der Waals surface area contributed by atoms with Crippen molar-refractivity contribution in [1.82, 2.24) is 10.3 Å². The second-order valence-electron chi connectivity index (χ2n) is 6.64. The fourth-order valence-corrected chi connectivity index (χ4v) is 3.35. The number of rotatable bonds is 4. The minimum Gasteiger partial charge on any atom is -0.497 e. The van der Waals surface area contributed by atoms with Crippen LogP contribution in [0.1, 0.15) is 15.9 Å². The van der Waals surface area contributed by atoms with Crippen molar-refractivity contribution in [2.75, 3.05) is 20.3 Å². The van der Waals surface area contributed by atoms with Gasteiger partial charge in [0.15, 0.2) is 0 Å². The van der Waals surface area contributed by atoms with Crippen LogP contribution in [-0.2, 0) is 6.42 Å². The Bertz CT molecular complexity index is 1060. The third-order valence-corrected chi connectivity index (χ3v) is 4.84. The molecule has 138 valence electrons. The molecule has 2 N–H and O–H groups in total. The van der Waals surface area contributed by atoms with Crippen molar-refractivity contribution < 1.29 is 14.3 Å². The highest BCUT2D eigenvalue weighted by molar-refractivity contribution is 5.97. The van der Waals surface area contributed by atoms with Crippen LogP contribution in [-0.4, -0.2) is 31.2 Å². The van der Waals surface area contributed by atoms with Gasteiger partial charge in [0.05, 0.1) is 19.2 Å². The van der Waals surface area contributed by atoms with Crippen LogP contribution < -0.4 is 20.2 Å². The first kappa shape index (κ1) is 17.1. The fraction of sp³-hybridized carbons (Fsp3) is 0.238. The van der Waals surface area contributed by atoms with E-state index in [1.807, 2.05) is 24.3 Å². The number of nitrogens with one attached hydrogen (secondary N) is 2. The molecule has 6 nitrogen and oxygen atoms in total. The number of benzene rings is 2. The number of methoxy groups -OCH3 is 1. The Kier molecular flexibility index (Phi) is 4.54. The second-order valence-corrected chi connectivity index (χ2v) is 6.64. The molecule has 0 bridgehead atoms. The zero-order valence-corrected chi connectivity index (χ0v) is 15.0. The fourth-order valence-electron chi connectivity index (χ4n) is 3.35. The highest BCUT2D eigenvalue weighted by Crippen LogP contribution is 2.26. The largest absolute Gasteiger partial charge is 0.497 e. The molecule has 6 heteroatoms. The number of aromatic amines is 1. The number of carbonyl (C=O) groups is 1. The normalized spacial score (nSPS) is 15.7. The maximum Gasteiger partial charge on any atom is 0.256 e. The summed E-state index contributed by atoms with van der Waals surface area (Å²) in [5.41, 5.74) is 1.58. The van der Waals surface area contributed by atoms with Gasteiger partial charge >= 0.3 is 0 Å². The van der Waals surface area contributed by atoms with Gasteiger partial charge in [0.25, 0.3) is 5.91 Å². The lowest BCUT2D eigenvalue weighted by atomic mass is 9.96. The summed E-state index contributed by atoms with van der Waals surface area (Å²) in [5.74, 6) is 1.34. The number of pyridine rings is 1. The molecule has 0 unspecified atom stereocenters. The number of ether oxygens (including phenoxy) is 2. The number of para-hydroxylation sites is 1. The minimum absolute atomic E-state index is 0.102. The molecule has 0 spiro atoms. The van der Waals surface area contributed by atoms with Gasteiger partial charge in [0, 0.05) is 30.1 Å². The van der Waals surface area contributed by atoms with Crippen LogP contribution in [0.2, 0.25) is 0 Å². The van der Waals surface area contributed by atoms with Crippen molar-refractivity contribution >= 4 is 16.8 Å². The summed E-state index contributed by atoms with van der Waals surface area (Å²) in [7, 11) is 1.56. The summed E-state index contributed by atoms with van der Waals surface area (Å²) in [6.45, 7) is 0.998. The maximum atomic E-state index is 12.6. The standard InChI is InChI=1S/C21H20N2O4/c1-26-15-6-7-16-18(9-15)22-11-17(20(16)24)21(25)23-10-13-8-14-4-2-3-5-19(14)27-12-13/h2-7,9,11,13H,8,10,12H2,1H3,(H,22,24)(H,23,25)/t13-/m1/s1. The number of hydrogen-bond donors (Lipinski definition) is 2. The molecule has 0 fully saturated rings. The lowest BCUT2D eigenvalue weighted by Crippen LogP contribution is -2.36. The zero-order valence-electron chi connectivity index (χ0n) is 15.0. The molecule has 1 atom stereocenters. The Hall–Kier alpha value is -3.28. The van der Waals surface area contributed by atoms with Gasteiger partial charge in [-0.3, -0.25) is 9.59 Å². The molecule has 4 rings (SSSR count). The number of amides is 1. The van der Waals surface area contributed by atoms with E-state index < -0.39 is 0 Å². The third kappa shape index (κ3) is 3.38. The van der Waals surface area contributed by atoms with E-state index in [4.69, 9.17) is 9.47 Å². The molecule has 27 heavy (non-hydrogen) atoms. The first-order valence-electron chi connectivity index (χ1n) is 8.84. The van der Waals surface area contributed by atoms with Crippen molar-refractivity contribution in [2.45, 2.75) is 6.42 Å². The van der Waals surface area contributed by atoms with Gasteiger partial charge in [-0.1, -0.05) is 18.2 Å². The van der Waals surface area contributed by atoms with Gasteiger partial charge in [0.1, 0.15) is 17.1 Å². The minimum atomic E-state index is -0.382. The van der Waals surface area contributed by atoms with Crippen molar-refractivity contribution in [3.05, 3.63) is 70.0 Å². The van der Waals surface area contributed by atoms with Crippen molar-refractivity contribution in [2.24, 2.45) is 5.92 Å². The Morgan fingerprint density at radius 3 is 3.00 bits per heavy atom. The monoisotopic (exact) mass is 364 g/mol. The van der Waals surface area contributed by atoms with E-state index in [0.717, 1.165) is 17.7 Å². The molecule has 0 radical (unpaired) electrons. The molecule has 0 saturated heterocycles. The zero-order chi connectivity index (χ0) is 18.8. The molecular formula is C21H20N2O4. The van der Waals surface area contributed by atoms with Gasteiger partial charge in [0.2, 0.25) is 5.43 Å². The Morgan fingerprint density at radius 2 is 2.15 bits per heavy atom. The van der Waals surface area contributed by atoms with Crippen LogP contribution >= 0.6 is 0 Å². The molecule has 1 aromatic heterocycles. The smallest absolute Gasteiger partial charge is 0.256 e. The molecule has 2 heterocycles. The number of aromatic nitrogens is 1. The quantitative estimate of drug-likeness (QED) is 0.745. The molecule has 2 aromatic carbocycles. The average Bonchev–Trinajstić information content (AvgIpc) is 2.71. The topological polar surface area (TPSA) is 80.4 Å². The van der Waals surface area contributed by atoms with E-state index in [0.29, 0.717) is 29.8 Å². The average molecular weight is 364 g/mol. The summed E-state index contributed by atoms with van der Waals surface area (Å²) in [4.78, 5) is 28.2. The maximum absolute atomic E-state index is 12.6. The predicted molar refractivity (Wildman–Crippen MR) is 103 cm³/mol. The van der Waals surface area contributed by atoms with Gasteiger partial charge in [-0.25, -0.2) is 0 Å². The summed E-state index contributed by atoms with van der Waals surface area (Å²) < 4.78 is 10.9. The van der Waals surface area contributed by atoms with E-state index in [-0.39, 0.29) is 22.8 Å². The van der Waals surface area contributed by atoms with Crippen molar-refractivity contribution in [3.63, 3.8) is 0 Å². The first-order chi connectivity index (χ1) is 13.2. The Labute approximate surface area is 156 Å². The number of H-pyrrole nitrogens is 1. The highest BCUT2D eigenvalue weighted by Gasteiger charge is 2.21. The Morgan fingerprint density at radius 1 is 1.30 bits per heavy atom. The Balaban J connectivity index is 1.47. The lowest BCUT2D eigenvalue weighted by Gasteiger charge is -2.25. The van der Waals surface area contributed by atoms with E-state index in [9.17, 15) is 9.59 Å². The van der Waals surface area contributed by atoms with Gasteiger partial charge in [-0.05, 0) is 30.2 Å². The predicted octanol–water partition coefficient (Wildman–Crippen LogP) is 2.52. The van der Waals surface area contributed by atoms with Crippen LogP contribution in [0.15, 0.2) is 53.5 Å². The van der Waals surface area contributed by atoms with Crippen LogP contribution in [0.3, 0.4) is 0 Å². The molecule has 1 aliphatic rings. The summed E-state index contributed by atoms with van der Waals surface area (Å²) in [6.07, 6.45) is 2.29. The van der Waals surface area contributed by atoms with Crippen molar-refractivity contribution in [3.8, 4) is 11.5 Å². The SMILES string of the molecule is COc1ccc2c(=O)c(C(=O)NC[C@@H]3COc4ccccc4C3)c[nH]c2c1. The van der Waals surface area contributed by atoms with E-state index >= 15 is 0 Å². The summed E-state index contributed by atoms with van der Waals surface area (Å²) in [5, 5.41) is 3.32. The lowest BCUT2D eigenvalue weighted by molar-refractivity contribution is 0.0938. The van der Waals surface area contributed by atoms with E-state index in [1.54, 1.807) is 25.3 Å². The molecular weight excluding hydrogens is 344 g/mol. The summed E-state index contributed by atoms with van der Waals surface area (Å²) >= 11 is 0. The number of hydrogen-bond acceptors (Lipinski definition) is 4. The van der Waals surface area contributed by atoms with Gasteiger partial charge in [-0.15, -0.1) is 0 Å². The third-order valence-electron chi connectivity index (χ3n) is 4.84. The van der Waals surface area contributed by atoms with Crippen LogP contribution in [0.4, 0.5) is 0 Å². The van der Waals surface area contributed by atoms with Crippen molar-refractivity contribution in [1.29, 1.82) is 0 Å². The molecule has 1 amide bonds. The number of carbonyl (C=O) groups excluding carboxylic acids is 1.